The summed E-state index contributed by atoms with van der Waals surface area (Å²) >= 11 is 0. The van der Waals surface area contributed by atoms with Crippen LogP contribution in [-0.4, -0.2) is 27.2 Å². The fourth-order valence-corrected chi connectivity index (χ4v) is 10.7. The first-order valence-corrected chi connectivity index (χ1v) is 18.6. The van der Waals surface area contributed by atoms with E-state index < -0.39 is 25.1 Å². The zero-order chi connectivity index (χ0) is 29.0. The zero-order valence-corrected chi connectivity index (χ0v) is 26.1. The minimum Gasteiger partial charge on any atom is -0.547 e. The maximum Gasteiger partial charge on any atom is 0.241 e. The van der Waals surface area contributed by atoms with Crippen molar-refractivity contribution >= 4 is 25.8 Å². The molecule has 2 saturated carbocycles. The predicted molar refractivity (Wildman–Crippen MR) is 163 cm³/mol. The first kappa shape index (κ1) is 26.8. The largest absolute Gasteiger partial charge is 0.547 e. The van der Waals surface area contributed by atoms with Crippen molar-refractivity contribution in [1.82, 2.24) is 0 Å². The van der Waals surface area contributed by atoms with Crippen molar-refractivity contribution in [3.63, 3.8) is 0 Å². The number of carbonyl (C=O) groups is 2. The fourth-order valence-electron chi connectivity index (χ4n) is 9.77. The zero-order valence-electron chi connectivity index (χ0n) is 25.1. The van der Waals surface area contributed by atoms with Crippen LogP contribution in [0.1, 0.15) is 51.5 Å². The highest BCUT2D eigenvalue weighted by atomic mass is 28.4. The van der Waals surface area contributed by atoms with Crippen LogP contribution >= 0.6 is 0 Å². The lowest BCUT2D eigenvalue weighted by molar-refractivity contribution is -0.131. The number of carbonyl (C=O) groups excluding carboxylic acids is 2. The minimum atomic E-state index is -2.06. The molecule has 2 amide bonds. The van der Waals surface area contributed by atoms with Crippen molar-refractivity contribution in [3.8, 4) is 5.75 Å². The normalized spacial score (nSPS) is 37.3. The monoisotopic (exact) mass is 567 g/mol. The average Bonchev–Trinajstić information content (AvgIpc) is 3.41. The van der Waals surface area contributed by atoms with Crippen molar-refractivity contribution in [2.24, 2.45) is 28.1 Å². The van der Waals surface area contributed by atoms with Gasteiger partial charge in [-0.25, -0.2) is 4.90 Å². The Hall–Kier alpha value is -3.12. The van der Waals surface area contributed by atoms with Gasteiger partial charge in [0.15, 0.2) is 0 Å². The summed E-state index contributed by atoms with van der Waals surface area (Å²) in [6.45, 7) is 11.2. The summed E-state index contributed by atoms with van der Waals surface area (Å²) in [5.74, 6) is 1.15. The molecular weight excluding hydrogens is 526 g/mol. The molecule has 41 heavy (non-hydrogen) atoms. The van der Waals surface area contributed by atoms with E-state index in [-0.39, 0.29) is 28.6 Å². The molecule has 1 saturated heterocycles. The minimum absolute atomic E-state index is 0.0496. The summed E-state index contributed by atoms with van der Waals surface area (Å²) in [6, 6.07) is 18.0. The van der Waals surface area contributed by atoms with E-state index in [0.717, 1.165) is 37.2 Å². The molecule has 6 atom stereocenters. The Morgan fingerprint density at radius 1 is 0.878 bits per heavy atom. The molecule has 3 fully saturated rings. The first-order valence-electron chi connectivity index (χ1n) is 15.1. The lowest BCUT2D eigenvalue weighted by Crippen LogP contribution is -2.49. The van der Waals surface area contributed by atoms with E-state index in [1.807, 2.05) is 37.3 Å². The van der Waals surface area contributed by atoms with Crippen LogP contribution in [0.2, 0.25) is 19.6 Å². The number of imide groups is 1. The summed E-state index contributed by atoms with van der Waals surface area (Å²) in [6.07, 6.45) is 9.75. The number of anilines is 1. The number of hydrogen-bond donors (Lipinski definition) is 0. The van der Waals surface area contributed by atoms with Crippen molar-refractivity contribution in [3.05, 3.63) is 83.6 Å². The molecule has 0 radical (unpaired) electrons. The van der Waals surface area contributed by atoms with Crippen LogP contribution in [0, 0.1) is 28.1 Å². The maximum absolute atomic E-state index is 14.7. The van der Waals surface area contributed by atoms with E-state index in [9.17, 15) is 9.59 Å². The molecule has 2 aromatic carbocycles. The van der Waals surface area contributed by atoms with Gasteiger partial charge in [0.2, 0.25) is 20.1 Å². The lowest BCUT2D eigenvalue weighted by atomic mass is 9.51. The molecule has 5 aliphatic rings. The molecule has 7 rings (SSSR count). The van der Waals surface area contributed by atoms with E-state index in [0.29, 0.717) is 12.1 Å². The quantitative estimate of drug-likeness (QED) is 0.215. The molecule has 4 aliphatic carbocycles. The van der Waals surface area contributed by atoms with Crippen LogP contribution in [0.15, 0.2) is 78.1 Å². The summed E-state index contributed by atoms with van der Waals surface area (Å²) < 4.78 is 12.6. The van der Waals surface area contributed by atoms with Crippen molar-refractivity contribution in [1.29, 1.82) is 0 Å². The van der Waals surface area contributed by atoms with Gasteiger partial charge >= 0.3 is 0 Å². The van der Waals surface area contributed by atoms with Gasteiger partial charge in [-0.15, -0.1) is 0 Å². The second-order valence-corrected chi connectivity index (χ2v) is 18.8. The van der Waals surface area contributed by atoms with Crippen LogP contribution in [0.4, 0.5) is 5.69 Å². The Bertz CT molecular complexity index is 1510. The number of hydrogen-bond acceptors (Lipinski definition) is 4. The molecular formula is C35H41NO4Si. The second-order valence-electron chi connectivity index (χ2n) is 14.4. The van der Waals surface area contributed by atoms with Crippen molar-refractivity contribution in [2.75, 3.05) is 12.0 Å². The number of fused-ring (bicyclic) bond motifs is 4. The van der Waals surface area contributed by atoms with Gasteiger partial charge in [-0.3, -0.25) is 9.59 Å². The van der Waals surface area contributed by atoms with E-state index in [4.69, 9.17) is 9.16 Å². The lowest BCUT2D eigenvalue weighted by Gasteiger charge is -2.51. The fraction of sp³-hybridized carbons (Fsp3) is 0.486. The third-order valence-electron chi connectivity index (χ3n) is 11.4. The van der Waals surface area contributed by atoms with E-state index in [2.05, 4.69) is 63.0 Å². The highest BCUT2D eigenvalue weighted by Gasteiger charge is 2.80. The molecule has 214 valence electrons. The Morgan fingerprint density at radius 3 is 2.22 bits per heavy atom. The molecule has 1 aliphatic heterocycles. The van der Waals surface area contributed by atoms with Gasteiger partial charge in [0, 0.05) is 23.2 Å². The molecule has 0 N–H and O–H groups in total. The van der Waals surface area contributed by atoms with E-state index in [1.165, 1.54) is 16.0 Å². The summed E-state index contributed by atoms with van der Waals surface area (Å²) in [5, 5.41) is 0. The van der Waals surface area contributed by atoms with Crippen LogP contribution < -0.4 is 9.64 Å². The number of rotatable bonds is 5. The van der Waals surface area contributed by atoms with Gasteiger partial charge in [0.05, 0.1) is 29.9 Å². The van der Waals surface area contributed by atoms with Gasteiger partial charge in [-0.2, -0.15) is 0 Å². The molecule has 2 aromatic rings. The highest BCUT2D eigenvalue weighted by Crippen LogP contribution is 2.82. The summed E-state index contributed by atoms with van der Waals surface area (Å²) in [5.41, 5.74) is 1.57. The highest BCUT2D eigenvalue weighted by molar-refractivity contribution is 6.70. The number of ether oxygens (including phenoxy) is 1. The number of methoxy groups -OCH3 is 1. The van der Waals surface area contributed by atoms with Gasteiger partial charge < -0.3 is 9.16 Å². The van der Waals surface area contributed by atoms with E-state index >= 15 is 0 Å². The molecule has 6 heteroatoms. The molecule has 1 heterocycles. The van der Waals surface area contributed by atoms with Gasteiger partial charge in [0.25, 0.3) is 0 Å². The van der Waals surface area contributed by atoms with Crippen LogP contribution in [0.3, 0.4) is 0 Å². The topological polar surface area (TPSA) is 55.8 Å². The molecule has 5 nitrogen and oxygen atoms in total. The van der Waals surface area contributed by atoms with Crippen molar-refractivity contribution < 1.29 is 18.8 Å². The first-order chi connectivity index (χ1) is 19.4. The molecule has 0 spiro atoms. The Kier molecular flexibility index (Phi) is 5.52. The number of nitrogens with zero attached hydrogens (tertiary/aromatic N) is 1. The smallest absolute Gasteiger partial charge is 0.241 e. The molecule has 0 unspecified atom stereocenters. The summed E-state index contributed by atoms with van der Waals surface area (Å²) in [4.78, 5) is 30.6. The van der Waals surface area contributed by atoms with Gasteiger partial charge in [-0.05, 0) is 80.2 Å². The number of amides is 2. The number of benzene rings is 2. The van der Waals surface area contributed by atoms with E-state index in [1.54, 1.807) is 7.11 Å². The van der Waals surface area contributed by atoms with Crippen LogP contribution in [0.25, 0.3) is 0 Å². The third-order valence-corrected chi connectivity index (χ3v) is 12.2. The van der Waals surface area contributed by atoms with Crippen molar-refractivity contribution in [2.45, 2.75) is 71.0 Å². The van der Waals surface area contributed by atoms with Gasteiger partial charge in [-0.1, -0.05) is 62.2 Å². The maximum atomic E-state index is 14.7. The Morgan fingerprint density at radius 2 is 1.56 bits per heavy atom. The summed E-state index contributed by atoms with van der Waals surface area (Å²) in [7, 11) is -0.363. The SMILES string of the molecule is COc1ccc([C@@]23C=C[C@@]4(CCCC[C@]24C)[C@@H]2C3=C(O[Si](C)(C)C)C[C@@]3(C)C(=O)N(c4ccccc4)C(=O)[C@@H]23)cc1. The average molecular weight is 568 g/mol. The number of allylic oxidation sites excluding steroid dienone is 4. The molecule has 0 aromatic heterocycles. The Labute approximate surface area is 244 Å². The molecule has 2 bridgehead atoms. The second kappa shape index (κ2) is 8.47. The third kappa shape index (κ3) is 3.17. The standard InChI is InChI=1S/C35H41NO4Si/c1-32-22-26(40-41(4,5)6)27-28(29(32)30(37)36(31(32)38)24-12-8-7-9-13-24)34-19-11-10-18-33(34,2)35(27,21-20-34)23-14-16-25(39-3)17-15-23/h7-9,12-17,20-21,28-29H,10-11,18-19,22H2,1-6H3/t28-,29-,32-,33+,34+,35-/m1/s1. The predicted octanol–water partition coefficient (Wildman–Crippen LogP) is 7.40. The van der Waals surface area contributed by atoms with Crippen LogP contribution in [0.5, 0.6) is 5.75 Å². The Balaban J connectivity index is 1.52. The van der Waals surface area contributed by atoms with Gasteiger partial charge in [0.1, 0.15) is 5.75 Å². The number of para-hydroxylation sites is 1. The van der Waals surface area contributed by atoms with Crippen LogP contribution in [-0.2, 0) is 19.4 Å².